The second kappa shape index (κ2) is 11.4. The first-order valence-electron chi connectivity index (χ1n) is 9.24. The molecule has 0 aliphatic carbocycles. The van der Waals surface area contributed by atoms with Crippen molar-refractivity contribution in [2.45, 2.75) is 37.8 Å². The Labute approximate surface area is 156 Å². The fourth-order valence-corrected chi connectivity index (χ4v) is 3.71. The molecule has 6 heteroatoms. The van der Waals surface area contributed by atoms with E-state index in [0.29, 0.717) is 12.1 Å². The van der Waals surface area contributed by atoms with Gasteiger partial charge in [0.05, 0.1) is 19.8 Å². The number of ether oxygens (including phenoxy) is 1. The van der Waals surface area contributed by atoms with E-state index >= 15 is 0 Å². The van der Waals surface area contributed by atoms with Gasteiger partial charge in [-0.05, 0) is 32.9 Å². The number of morpholine rings is 1. The molecular formula is C19H32N4OS. The standard InChI is InChI=1S/C19H32N4OS/c1-4-20-19(21-10-13-25-18-8-6-5-7-9-18)22-14-16(2)23-11-12-24-15-17(23)3/h5-9,16-17H,4,10-15H2,1-3H3,(H2,20,21,22). The maximum absolute atomic E-state index is 5.52. The van der Waals surface area contributed by atoms with E-state index in [9.17, 15) is 0 Å². The highest BCUT2D eigenvalue weighted by atomic mass is 32.2. The van der Waals surface area contributed by atoms with Crippen molar-refractivity contribution in [3.05, 3.63) is 30.3 Å². The van der Waals surface area contributed by atoms with Crippen LogP contribution in [0.2, 0.25) is 0 Å². The molecule has 1 aliphatic rings. The van der Waals surface area contributed by atoms with Gasteiger partial charge in [0.25, 0.3) is 0 Å². The fraction of sp³-hybridized carbons (Fsp3) is 0.632. The minimum atomic E-state index is 0.424. The highest BCUT2D eigenvalue weighted by Crippen LogP contribution is 2.15. The van der Waals surface area contributed by atoms with Gasteiger partial charge in [0.15, 0.2) is 5.96 Å². The summed E-state index contributed by atoms with van der Waals surface area (Å²) < 4.78 is 5.52. The van der Waals surface area contributed by atoms with Gasteiger partial charge in [0, 0.05) is 42.4 Å². The lowest BCUT2D eigenvalue weighted by atomic mass is 10.2. The first-order chi connectivity index (χ1) is 12.2. The number of benzene rings is 1. The lowest BCUT2D eigenvalue weighted by Crippen LogP contribution is -2.49. The van der Waals surface area contributed by atoms with Gasteiger partial charge in [0.1, 0.15) is 0 Å². The van der Waals surface area contributed by atoms with Gasteiger partial charge in [0.2, 0.25) is 0 Å². The average Bonchev–Trinajstić information content (AvgIpc) is 2.64. The summed E-state index contributed by atoms with van der Waals surface area (Å²) in [6, 6.07) is 11.4. The van der Waals surface area contributed by atoms with Crippen LogP contribution in [0, 0.1) is 0 Å². The van der Waals surface area contributed by atoms with Gasteiger partial charge in [-0.15, -0.1) is 11.8 Å². The van der Waals surface area contributed by atoms with Crippen molar-refractivity contribution >= 4 is 17.7 Å². The Bertz CT molecular complexity index is 511. The van der Waals surface area contributed by atoms with Crippen LogP contribution in [0.5, 0.6) is 0 Å². The maximum Gasteiger partial charge on any atom is 0.191 e. The van der Waals surface area contributed by atoms with Gasteiger partial charge in [-0.25, -0.2) is 0 Å². The zero-order valence-corrected chi connectivity index (χ0v) is 16.5. The Morgan fingerprint density at radius 3 is 2.88 bits per heavy atom. The van der Waals surface area contributed by atoms with Crippen molar-refractivity contribution in [3.8, 4) is 0 Å². The molecule has 1 aliphatic heterocycles. The molecule has 0 aromatic heterocycles. The summed E-state index contributed by atoms with van der Waals surface area (Å²) in [5, 5.41) is 6.77. The highest BCUT2D eigenvalue weighted by molar-refractivity contribution is 7.99. The molecule has 2 N–H and O–H groups in total. The second-order valence-corrected chi connectivity index (χ2v) is 7.49. The Morgan fingerprint density at radius 1 is 1.36 bits per heavy atom. The number of thioether (sulfide) groups is 1. The zero-order chi connectivity index (χ0) is 17.9. The number of nitrogens with one attached hydrogen (secondary N) is 2. The molecule has 1 heterocycles. The van der Waals surface area contributed by atoms with Crippen LogP contribution in [-0.4, -0.2) is 68.1 Å². The lowest BCUT2D eigenvalue weighted by Gasteiger charge is -2.37. The molecule has 1 saturated heterocycles. The number of aliphatic imine (C=N–C) groups is 1. The lowest BCUT2D eigenvalue weighted by molar-refractivity contribution is -0.0165. The Balaban J connectivity index is 1.75. The van der Waals surface area contributed by atoms with E-state index in [4.69, 9.17) is 9.73 Å². The van der Waals surface area contributed by atoms with E-state index in [-0.39, 0.29) is 0 Å². The molecule has 2 rings (SSSR count). The van der Waals surface area contributed by atoms with Crippen molar-refractivity contribution in [2.75, 3.05) is 45.1 Å². The summed E-state index contributed by atoms with van der Waals surface area (Å²) in [5.74, 6) is 1.92. The van der Waals surface area contributed by atoms with E-state index < -0.39 is 0 Å². The van der Waals surface area contributed by atoms with Crippen molar-refractivity contribution in [3.63, 3.8) is 0 Å². The molecular weight excluding hydrogens is 332 g/mol. The van der Waals surface area contributed by atoms with Crippen molar-refractivity contribution < 1.29 is 4.74 Å². The molecule has 25 heavy (non-hydrogen) atoms. The average molecular weight is 365 g/mol. The van der Waals surface area contributed by atoms with Crippen LogP contribution in [-0.2, 0) is 4.74 Å². The van der Waals surface area contributed by atoms with E-state index in [2.05, 4.69) is 66.6 Å². The molecule has 0 amide bonds. The predicted molar refractivity (Wildman–Crippen MR) is 108 cm³/mol. The second-order valence-electron chi connectivity index (χ2n) is 6.32. The van der Waals surface area contributed by atoms with Crippen LogP contribution in [0.3, 0.4) is 0 Å². The third-order valence-electron chi connectivity index (χ3n) is 4.25. The van der Waals surface area contributed by atoms with Crippen LogP contribution in [0.4, 0.5) is 0 Å². The minimum Gasteiger partial charge on any atom is -0.379 e. The molecule has 140 valence electrons. The largest absolute Gasteiger partial charge is 0.379 e. The predicted octanol–water partition coefficient (Wildman–Crippen LogP) is 2.44. The molecule has 2 unspecified atom stereocenters. The normalized spacial score (nSPS) is 20.3. The van der Waals surface area contributed by atoms with E-state index in [0.717, 1.165) is 51.1 Å². The molecule has 0 saturated carbocycles. The number of hydrogen-bond acceptors (Lipinski definition) is 4. The molecule has 0 radical (unpaired) electrons. The van der Waals surface area contributed by atoms with Gasteiger partial charge < -0.3 is 15.4 Å². The fourth-order valence-electron chi connectivity index (χ4n) is 2.92. The smallest absolute Gasteiger partial charge is 0.191 e. The van der Waals surface area contributed by atoms with E-state index in [1.807, 2.05) is 11.8 Å². The molecule has 1 fully saturated rings. The van der Waals surface area contributed by atoms with Crippen LogP contribution in [0.15, 0.2) is 40.2 Å². The topological polar surface area (TPSA) is 48.9 Å². The highest BCUT2D eigenvalue weighted by Gasteiger charge is 2.23. The number of guanidine groups is 1. The van der Waals surface area contributed by atoms with Gasteiger partial charge in [-0.2, -0.15) is 0 Å². The van der Waals surface area contributed by atoms with Crippen LogP contribution in [0.1, 0.15) is 20.8 Å². The van der Waals surface area contributed by atoms with Crippen molar-refractivity contribution in [1.82, 2.24) is 15.5 Å². The van der Waals surface area contributed by atoms with Gasteiger partial charge >= 0.3 is 0 Å². The monoisotopic (exact) mass is 364 g/mol. The van der Waals surface area contributed by atoms with Crippen LogP contribution < -0.4 is 10.6 Å². The Hall–Kier alpha value is -1.24. The van der Waals surface area contributed by atoms with E-state index in [1.165, 1.54) is 4.90 Å². The molecule has 0 spiro atoms. The number of rotatable bonds is 8. The number of hydrogen-bond donors (Lipinski definition) is 2. The third-order valence-corrected chi connectivity index (χ3v) is 5.26. The summed E-state index contributed by atoms with van der Waals surface area (Å²) in [4.78, 5) is 8.56. The molecule has 1 aromatic rings. The molecule has 0 bridgehead atoms. The Morgan fingerprint density at radius 2 is 2.16 bits per heavy atom. The zero-order valence-electron chi connectivity index (χ0n) is 15.7. The minimum absolute atomic E-state index is 0.424. The maximum atomic E-state index is 5.52. The van der Waals surface area contributed by atoms with Crippen LogP contribution in [0.25, 0.3) is 0 Å². The first-order valence-corrected chi connectivity index (χ1v) is 10.2. The molecule has 5 nitrogen and oxygen atoms in total. The molecule has 1 aromatic carbocycles. The summed E-state index contributed by atoms with van der Waals surface area (Å²) in [6.45, 7) is 11.8. The van der Waals surface area contributed by atoms with Gasteiger partial charge in [-0.1, -0.05) is 18.2 Å². The number of nitrogens with zero attached hydrogens (tertiary/aromatic N) is 2. The van der Waals surface area contributed by atoms with E-state index in [1.54, 1.807) is 0 Å². The first kappa shape index (κ1) is 20.1. The van der Waals surface area contributed by atoms with Crippen molar-refractivity contribution in [2.24, 2.45) is 4.99 Å². The Kier molecular flexibility index (Phi) is 9.15. The molecule has 2 atom stereocenters. The SMILES string of the molecule is CCNC(=NCC(C)N1CCOCC1C)NCCSc1ccccc1. The summed E-state index contributed by atoms with van der Waals surface area (Å²) in [5.41, 5.74) is 0. The van der Waals surface area contributed by atoms with Gasteiger partial charge in [-0.3, -0.25) is 9.89 Å². The third kappa shape index (κ3) is 7.26. The van der Waals surface area contributed by atoms with Crippen LogP contribution >= 0.6 is 11.8 Å². The summed E-state index contributed by atoms with van der Waals surface area (Å²) >= 11 is 1.86. The van der Waals surface area contributed by atoms with Crippen molar-refractivity contribution in [1.29, 1.82) is 0 Å². The summed E-state index contributed by atoms with van der Waals surface area (Å²) in [7, 11) is 0. The quantitative estimate of drug-likeness (QED) is 0.321. The summed E-state index contributed by atoms with van der Waals surface area (Å²) in [6.07, 6.45) is 0.